The molecule has 0 amide bonds. The van der Waals surface area contributed by atoms with Crippen LogP contribution >= 0.6 is 11.8 Å². The zero-order chi connectivity index (χ0) is 11.1. The Bertz CT molecular complexity index is 185. The molecule has 0 aromatic rings. The summed E-state index contributed by atoms with van der Waals surface area (Å²) in [6, 6.07) is 0.733. The smallest absolute Gasteiger partial charge is 0.0106 e. The van der Waals surface area contributed by atoms with Crippen molar-refractivity contribution in [2.24, 2.45) is 5.92 Å². The molecule has 2 heteroatoms. The van der Waals surface area contributed by atoms with Gasteiger partial charge in [0.25, 0.3) is 0 Å². The fourth-order valence-corrected chi connectivity index (χ4v) is 3.44. The van der Waals surface area contributed by atoms with Crippen LogP contribution < -0.4 is 5.32 Å². The summed E-state index contributed by atoms with van der Waals surface area (Å²) in [7, 11) is 0. The molecule has 0 aliphatic carbocycles. The van der Waals surface area contributed by atoms with Crippen LogP contribution in [0.1, 0.15) is 39.5 Å². The third-order valence-electron chi connectivity index (χ3n) is 3.07. The van der Waals surface area contributed by atoms with Crippen molar-refractivity contribution in [3.05, 3.63) is 12.2 Å². The molecule has 1 saturated heterocycles. The minimum absolute atomic E-state index is 0.733. The largest absolute Gasteiger partial charge is 0.314 e. The third-order valence-corrected chi connectivity index (χ3v) is 4.26. The van der Waals surface area contributed by atoms with Gasteiger partial charge in [-0.3, -0.25) is 0 Å². The molecule has 0 aromatic heterocycles. The highest BCUT2D eigenvalue weighted by molar-refractivity contribution is 7.99. The monoisotopic (exact) mass is 227 g/mol. The van der Waals surface area contributed by atoms with Gasteiger partial charge in [0.05, 0.1) is 0 Å². The van der Waals surface area contributed by atoms with Gasteiger partial charge in [0, 0.05) is 6.04 Å². The molecule has 1 rings (SSSR count). The van der Waals surface area contributed by atoms with Crippen molar-refractivity contribution in [3.63, 3.8) is 0 Å². The maximum atomic E-state index is 4.00. The average Bonchev–Trinajstić information content (AvgIpc) is 2.71. The van der Waals surface area contributed by atoms with Crippen LogP contribution in [-0.4, -0.2) is 24.1 Å². The highest BCUT2D eigenvalue weighted by Crippen LogP contribution is 2.28. The van der Waals surface area contributed by atoms with Gasteiger partial charge in [-0.1, -0.05) is 12.5 Å². The molecule has 1 fully saturated rings. The summed E-state index contributed by atoms with van der Waals surface area (Å²) < 4.78 is 0. The summed E-state index contributed by atoms with van der Waals surface area (Å²) in [5, 5.41) is 3.71. The van der Waals surface area contributed by atoms with Gasteiger partial charge in [0.15, 0.2) is 0 Å². The van der Waals surface area contributed by atoms with Crippen molar-refractivity contribution in [2.75, 3.05) is 18.1 Å². The quantitative estimate of drug-likeness (QED) is 0.668. The lowest BCUT2D eigenvalue weighted by Gasteiger charge is -2.24. The molecular formula is C13H25NS. The highest BCUT2D eigenvalue weighted by Gasteiger charge is 2.24. The second-order valence-corrected chi connectivity index (χ2v) is 5.83. The number of allylic oxidation sites excluding steroid dienone is 1. The number of rotatable bonds is 7. The van der Waals surface area contributed by atoms with Gasteiger partial charge in [-0.05, 0) is 56.6 Å². The Morgan fingerprint density at radius 1 is 1.60 bits per heavy atom. The van der Waals surface area contributed by atoms with E-state index in [1.807, 2.05) is 0 Å². The second-order valence-electron chi connectivity index (χ2n) is 4.68. The maximum absolute atomic E-state index is 4.00. The zero-order valence-corrected chi connectivity index (χ0v) is 11.0. The predicted molar refractivity (Wildman–Crippen MR) is 71.6 cm³/mol. The van der Waals surface area contributed by atoms with E-state index in [-0.39, 0.29) is 0 Å². The normalized spacial score (nSPS) is 22.9. The van der Waals surface area contributed by atoms with Crippen LogP contribution in [0.5, 0.6) is 0 Å². The van der Waals surface area contributed by atoms with Crippen molar-refractivity contribution >= 4 is 11.8 Å². The van der Waals surface area contributed by atoms with Crippen molar-refractivity contribution in [2.45, 2.75) is 45.6 Å². The lowest BCUT2D eigenvalue weighted by molar-refractivity contribution is 0.362. The summed E-state index contributed by atoms with van der Waals surface area (Å²) in [5.74, 6) is 3.63. The fourth-order valence-electron chi connectivity index (χ4n) is 2.11. The van der Waals surface area contributed by atoms with E-state index < -0.39 is 0 Å². The van der Waals surface area contributed by atoms with Crippen LogP contribution in [-0.2, 0) is 0 Å². The van der Waals surface area contributed by atoms with Crippen LogP contribution in [0.15, 0.2) is 12.2 Å². The lowest BCUT2D eigenvalue weighted by atomic mass is 9.93. The second kappa shape index (κ2) is 7.34. The first-order chi connectivity index (χ1) is 7.24. The van der Waals surface area contributed by atoms with Crippen molar-refractivity contribution in [3.8, 4) is 0 Å². The topological polar surface area (TPSA) is 12.0 Å². The molecule has 1 aliphatic heterocycles. The first-order valence-electron chi connectivity index (χ1n) is 6.19. The van der Waals surface area contributed by atoms with Gasteiger partial charge in [0.1, 0.15) is 0 Å². The summed E-state index contributed by atoms with van der Waals surface area (Å²) in [6.45, 7) is 9.55. The molecule has 15 heavy (non-hydrogen) atoms. The van der Waals surface area contributed by atoms with Crippen LogP contribution in [0.3, 0.4) is 0 Å². The Balaban J connectivity index is 2.33. The summed E-state index contributed by atoms with van der Waals surface area (Å²) >= 11 is 2.12. The molecule has 2 atom stereocenters. The van der Waals surface area contributed by atoms with Gasteiger partial charge in [-0.25, -0.2) is 0 Å². The van der Waals surface area contributed by atoms with Gasteiger partial charge < -0.3 is 5.32 Å². The third kappa shape index (κ3) is 5.07. The van der Waals surface area contributed by atoms with E-state index in [0.717, 1.165) is 12.0 Å². The molecule has 0 aromatic carbocycles. The van der Waals surface area contributed by atoms with Crippen LogP contribution in [0.4, 0.5) is 0 Å². The van der Waals surface area contributed by atoms with Crippen LogP contribution in [0, 0.1) is 5.92 Å². The predicted octanol–water partition coefficient (Wildman–Crippen LogP) is 3.46. The molecule has 0 spiro atoms. The molecular weight excluding hydrogens is 202 g/mol. The van der Waals surface area contributed by atoms with E-state index in [2.05, 4.69) is 37.5 Å². The Kier molecular flexibility index (Phi) is 6.42. The summed E-state index contributed by atoms with van der Waals surface area (Å²) in [5.41, 5.74) is 1.32. The van der Waals surface area contributed by atoms with Crippen molar-refractivity contribution in [1.29, 1.82) is 0 Å². The SMILES string of the molecule is C=C(C)CCC(NCCC)C1CCSC1. The Morgan fingerprint density at radius 3 is 2.93 bits per heavy atom. The maximum Gasteiger partial charge on any atom is 0.0106 e. The molecule has 1 N–H and O–H groups in total. The summed E-state index contributed by atoms with van der Waals surface area (Å²) in [4.78, 5) is 0. The number of thioether (sulfide) groups is 1. The minimum atomic E-state index is 0.733. The average molecular weight is 227 g/mol. The first kappa shape index (κ1) is 13.1. The van der Waals surface area contributed by atoms with E-state index in [0.29, 0.717) is 0 Å². The van der Waals surface area contributed by atoms with Gasteiger partial charge in [0.2, 0.25) is 0 Å². The van der Waals surface area contributed by atoms with E-state index in [1.54, 1.807) is 0 Å². The molecule has 0 saturated carbocycles. The number of nitrogens with one attached hydrogen (secondary N) is 1. The van der Waals surface area contributed by atoms with Gasteiger partial charge in [-0.2, -0.15) is 11.8 Å². The van der Waals surface area contributed by atoms with E-state index in [9.17, 15) is 0 Å². The van der Waals surface area contributed by atoms with Crippen LogP contribution in [0.25, 0.3) is 0 Å². The molecule has 1 heterocycles. The molecule has 1 nitrogen and oxygen atoms in total. The van der Waals surface area contributed by atoms with E-state index in [1.165, 1.54) is 49.3 Å². The van der Waals surface area contributed by atoms with Gasteiger partial charge in [-0.15, -0.1) is 6.58 Å². The number of hydrogen-bond acceptors (Lipinski definition) is 2. The van der Waals surface area contributed by atoms with E-state index >= 15 is 0 Å². The first-order valence-corrected chi connectivity index (χ1v) is 7.35. The Morgan fingerprint density at radius 2 is 2.40 bits per heavy atom. The molecule has 0 radical (unpaired) electrons. The van der Waals surface area contributed by atoms with Crippen molar-refractivity contribution < 1.29 is 0 Å². The molecule has 0 bridgehead atoms. The van der Waals surface area contributed by atoms with E-state index in [4.69, 9.17) is 0 Å². The summed E-state index contributed by atoms with van der Waals surface area (Å²) in [6.07, 6.45) is 5.11. The van der Waals surface area contributed by atoms with Crippen molar-refractivity contribution in [1.82, 2.24) is 5.32 Å². The van der Waals surface area contributed by atoms with Gasteiger partial charge >= 0.3 is 0 Å². The molecule has 1 aliphatic rings. The highest BCUT2D eigenvalue weighted by atomic mass is 32.2. The Labute approximate surface area is 99.1 Å². The molecule has 88 valence electrons. The number of hydrogen-bond donors (Lipinski definition) is 1. The van der Waals surface area contributed by atoms with Crippen LogP contribution in [0.2, 0.25) is 0 Å². The fraction of sp³-hybridized carbons (Fsp3) is 0.846. The lowest BCUT2D eigenvalue weighted by Crippen LogP contribution is -2.36. The standard InChI is InChI=1S/C13H25NS/c1-4-8-14-13(6-5-11(2)3)12-7-9-15-10-12/h12-14H,2,4-10H2,1,3H3. The molecule has 2 unspecified atom stereocenters. The zero-order valence-electron chi connectivity index (χ0n) is 10.2. The minimum Gasteiger partial charge on any atom is -0.314 e. The Hall–Kier alpha value is 0.0500.